The Morgan fingerprint density at radius 1 is 0.560 bits per heavy atom. The molecule has 0 amide bonds. The predicted octanol–water partition coefficient (Wildman–Crippen LogP) is 3.47. The van der Waals surface area contributed by atoms with Crippen molar-refractivity contribution in [3.05, 3.63) is 95.2 Å². The molecule has 0 nitrogen and oxygen atoms in total. The number of halogens is 2. The van der Waals surface area contributed by atoms with Crippen LogP contribution in [0.3, 0.4) is 0 Å². The lowest BCUT2D eigenvalue weighted by atomic mass is 9.17. The second-order valence-electron chi connectivity index (χ2n) is 5.94. The Hall–Kier alpha value is -2.24. The first-order chi connectivity index (χ1) is 12.2. The van der Waals surface area contributed by atoms with Crippen molar-refractivity contribution in [2.45, 2.75) is 0 Å². The topological polar surface area (TPSA) is 0 Å². The van der Waals surface area contributed by atoms with Gasteiger partial charge in [0.1, 0.15) is 6.15 Å². The third kappa shape index (κ3) is 2.55. The molecular weight excluding hydrogens is 353 g/mol. The van der Waals surface area contributed by atoms with E-state index >= 15 is 0 Å². The van der Waals surface area contributed by atoms with Crippen molar-refractivity contribution in [3.63, 3.8) is 0 Å². The van der Waals surface area contributed by atoms with E-state index in [0.29, 0.717) is 10.9 Å². The van der Waals surface area contributed by atoms with E-state index in [1.165, 1.54) is 34.8 Å². The van der Waals surface area contributed by atoms with Crippen molar-refractivity contribution in [3.8, 4) is 0 Å². The SMILES string of the molecule is Fc1ccccc1[B-](c1cccs1)(c1cccs1)c1ccccc1F. The van der Waals surface area contributed by atoms with Crippen molar-refractivity contribution in [1.82, 2.24) is 0 Å². The summed E-state index contributed by atoms with van der Waals surface area (Å²) in [6.45, 7) is 0. The molecule has 0 aliphatic rings. The number of rotatable bonds is 4. The molecule has 0 spiro atoms. The third-order valence-electron chi connectivity index (χ3n) is 4.68. The summed E-state index contributed by atoms with van der Waals surface area (Å²) in [5.41, 5.74) is 1.05. The molecule has 0 radical (unpaired) electrons. The maximum atomic E-state index is 15.0. The Kier molecular flexibility index (Phi) is 4.28. The van der Waals surface area contributed by atoms with Gasteiger partial charge in [0.05, 0.1) is 11.6 Å². The zero-order valence-electron chi connectivity index (χ0n) is 13.2. The molecular formula is C20H14BF2S2-. The minimum atomic E-state index is -1.90. The monoisotopic (exact) mass is 367 g/mol. The number of hydrogen-bond donors (Lipinski definition) is 0. The first-order valence-corrected chi connectivity index (χ1v) is 9.74. The average molecular weight is 367 g/mol. The lowest BCUT2D eigenvalue weighted by molar-refractivity contribution is 0.633. The Morgan fingerprint density at radius 2 is 1.00 bits per heavy atom. The van der Waals surface area contributed by atoms with Crippen LogP contribution in [0.5, 0.6) is 0 Å². The molecule has 0 atom stereocenters. The molecule has 2 aromatic carbocycles. The van der Waals surface area contributed by atoms with Gasteiger partial charge in [-0.25, -0.2) is 8.78 Å². The summed E-state index contributed by atoms with van der Waals surface area (Å²) in [6, 6.07) is 21.3. The van der Waals surface area contributed by atoms with E-state index in [9.17, 15) is 8.78 Å². The molecule has 0 saturated heterocycles. The molecule has 5 heteroatoms. The molecule has 4 rings (SSSR count). The lowest BCUT2D eigenvalue weighted by Crippen LogP contribution is -2.74. The molecule has 0 aliphatic carbocycles. The van der Waals surface area contributed by atoms with Gasteiger partial charge in [0.25, 0.3) is 0 Å². The zero-order chi connectivity index (χ0) is 17.3. The largest absolute Gasteiger partial charge is 0.210 e. The summed E-state index contributed by atoms with van der Waals surface area (Å²) < 4.78 is 31.9. The van der Waals surface area contributed by atoms with Crippen molar-refractivity contribution in [2.75, 3.05) is 0 Å². The molecule has 124 valence electrons. The van der Waals surface area contributed by atoms with Crippen molar-refractivity contribution in [1.29, 1.82) is 0 Å². The minimum absolute atomic E-state index is 0.312. The molecule has 25 heavy (non-hydrogen) atoms. The minimum Gasteiger partial charge on any atom is -0.210 e. The van der Waals surface area contributed by atoms with Gasteiger partial charge in [-0.2, -0.15) is 33.6 Å². The molecule has 2 aromatic heterocycles. The second kappa shape index (κ2) is 6.58. The second-order valence-corrected chi connectivity index (χ2v) is 7.90. The number of thiophene rings is 2. The van der Waals surface area contributed by atoms with Crippen LogP contribution in [0.25, 0.3) is 0 Å². The summed E-state index contributed by atoms with van der Waals surface area (Å²) in [6.07, 6.45) is -1.90. The Morgan fingerprint density at radius 3 is 1.36 bits per heavy atom. The van der Waals surface area contributed by atoms with Gasteiger partial charge in [-0.15, -0.1) is 9.55 Å². The highest BCUT2D eigenvalue weighted by atomic mass is 32.1. The molecule has 0 bridgehead atoms. The van der Waals surface area contributed by atoms with Crippen LogP contribution in [0.2, 0.25) is 0 Å². The van der Waals surface area contributed by atoms with Crippen molar-refractivity contribution >= 4 is 49.3 Å². The highest BCUT2D eigenvalue weighted by Gasteiger charge is 2.37. The van der Waals surface area contributed by atoms with Crippen LogP contribution in [-0.2, 0) is 0 Å². The predicted molar refractivity (Wildman–Crippen MR) is 106 cm³/mol. The first-order valence-electron chi connectivity index (χ1n) is 7.98. The van der Waals surface area contributed by atoms with E-state index in [4.69, 9.17) is 0 Å². The Bertz CT molecular complexity index is 897. The highest BCUT2D eigenvalue weighted by molar-refractivity contribution is 7.43. The maximum Gasteiger partial charge on any atom is 0.136 e. The van der Waals surface area contributed by atoms with Gasteiger partial charge in [-0.1, -0.05) is 60.7 Å². The summed E-state index contributed by atoms with van der Waals surface area (Å²) in [5, 5.41) is 3.92. The van der Waals surface area contributed by atoms with Crippen molar-refractivity contribution < 1.29 is 8.78 Å². The Labute approximate surface area is 153 Å². The van der Waals surface area contributed by atoms with Crippen LogP contribution in [0.1, 0.15) is 0 Å². The molecule has 0 saturated carbocycles. The molecule has 2 heterocycles. The maximum absolute atomic E-state index is 15.0. The van der Waals surface area contributed by atoms with Gasteiger partial charge < -0.3 is 0 Å². The molecule has 4 aromatic rings. The summed E-state index contributed by atoms with van der Waals surface area (Å²) >= 11 is 3.07. The third-order valence-corrected chi connectivity index (χ3v) is 6.79. The molecule has 0 fully saturated rings. The molecule has 0 unspecified atom stereocenters. The van der Waals surface area contributed by atoms with E-state index in [0.717, 1.165) is 9.55 Å². The fourth-order valence-electron chi connectivity index (χ4n) is 3.65. The van der Waals surface area contributed by atoms with Gasteiger partial charge in [-0.3, -0.25) is 0 Å². The molecule has 0 aliphatic heterocycles. The summed E-state index contributed by atoms with van der Waals surface area (Å²) in [4.78, 5) is 0. The first kappa shape index (κ1) is 16.2. The van der Waals surface area contributed by atoms with E-state index in [1.807, 2.05) is 47.2 Å². The van der Waals surface area contributed by atoms with E-state index < -0.39 is 6.15 Å². The van der Waals surface area contributed by atoms with Crippen LogP contribution in [0, 0.1) is 11.6 Å². The van der Waals surface area contributed by atoms with Crippen LogP contribution in [-0.4, -0.2) is 6.15 Å². The average Bonchev–Trinajstić information content (AvgIpc) is 3.33. The fraction of sp³-hybridized carbons (Fsp3) is 0. The standard InChI is InChI=1S/C20H14BF2S2/c22-17-9-3-1-7-15(17)21(19-11-5-13-24-19,20-12-6-14-25-20)16-8-2-4-10-18(16)23/h1-14H/q-1. The zero-order valence-corrected chi connectivity index (χ0v) is 14.9. The fourth-order valence-corrected chi connectivity index (χ4v) is 5.84. The smallest absolute Gasteiger partial charge is 0.136 e. The normalized spacial score (nSPS) is 11.6. The van der Waals surface area contributed by atoms with Gasteiger partial charge in [0.15, 0.2) is 0 Å². The van der Waals surface area contributed by atoms with Gasteiger partial charge in [0, 0.05) is 0 Å². The lowest BCUT2D eigenvalue weighted by Gasteiger charge is -2.41. The van der Waals surface area contributed by atoms with Crippen LogP contribution in [0.15, 0.2) is 83.6 Å². The van der Waals surface area contributed by atoms with E-state index in [2.05, 4.69) is 0 Å². The van der Waals surface area contributed by atoms with Gasteiger partial charge >= 0.3 is 0 Å². The highest BCUT2D eigenvalue weighted by Crippen LogP contribution is 2.17. The Balaban J connectivity index is 2.18. The quantitative estimate of drug-likeness (QED) is 0.485. The summed E-state index contributed by atoms with van der Waals surface area (Å²) in [5.74, 6) is -0.625. The van der Waals surface area contributed by atoms with Crippen LogP contribution < -0.4 is 20.5 Å². The summed E-state index contributed by atoms with van der Waals surface area (Å²) in [7, 11) is 0. The van der Waals surface area contributed by atoms with E-state index in [-0.39, 0.29) is 11.6 Å². The van der Waals surface area contributed by atoms with Crippen LogP contribution in [0.4, 0.5) is 8.78 Å². The molecule has 0 N–H and O–H groups in total. The number of benzene rings is 2. The number of hydrogen-bond acceptors (Lipinski definition) is 2. The van der Waals surface area contributed by atoms with E-state index in [1.54, 1.807) is 24.3 Å². The van der Waals surface area contributed by atoms with Crippen LogP contribution >= 0.6 is 22.7 Å². The van der Waals surface area contributed by atoms with Crippen molar-refractivity contribution in [2.24, 2.45) is 0 Å². The van der Waals surface area contributed by atoms with Gasteiger partial charge in [0.2, 0.25) is 0 Å². The van der Waals surface area contributed by atoms with Gasteiger partial charge in [-0.05, 0) is 22.9 Å².